The molecule has 4 heteroatoms. The molecule has 1 heterocycles. The summed E-state index contributed by atoms with van der Waals surface area (Å²) < 4.78 is 1.96. The standard InChI is InChI=1S/C13H18Br2OS/c1-8(7-13(2,3)4)5-10(16)11-6-9(14)12(15)17-11/h6,8H,5,7H2,1-4H3. The number of carbonyl (C=O) groups is 1. The Kier molecular flexibility index (Phi) is 5.41. The van der Waals surface area contributed by atoms with Crippen molar-refractivity contribution in [3.63, 3.8) is 0 Å². The number of rotatable bonds is 4. The van der Waals surface area contributed by atoms with Gasteiger partial charge < -0.3 is 0 Å². The fourth-order valence-corrected chi connectivity index (χ4v) is 4.00. The van der Waals surface area contributed by atoms with Crippen LogP contribution >= 0.6 is 43.2 Å². The van der Waals surface area contributed by atoms with Crippen LogP contribution in [0.2, 0.25) is 0 Å². The maximum absolute atomic E-state index is 12.1. The third-order valence-corrected chi connectivity index (χ3v) is 5.71. The van der Waals surface area contributed by atoms with Gasteiger partial charge in [-0.2, -0.15) is 0 Å². The molecule has 0 aliphatic carbocycles. The zero-order valence-corrected chi connectivity index (χ0v) is 14.6. The molecule has 0 spiro atoms. The highest BCUT2D eigenvalue weighted by atomic mass is 79.9. The SMILES string of the molecule is CC(CC(=O)c1cc(Br)c(Br)s1)CC(C)(C)C. The van der Waals surface area contributed by atoms with E-state index in [2.05, 4.69) is 59.6 Å². The van der Waals surface area contributed by atoms with Gasteiger partial charge in [0.2, 0.25) is 0 Å². The summed E-state index contributed by atoms with van der Waals surface area (Å²) in [6, 6.07) is 1.90. The summed E-state index contributed by atoms with van der Waals surface area (Å²) in [6.45, 7) is 8.80. The van der Waals surface area contributed by atoms with Crippen LogP contribution in [0.5, 0.6) is 0 Å². The van der Waals surface area contributed by atoms with E-state index in [0.29, 0.717) is 12.3 Å². The molecule has 0 saturated carbocycles. The lowest BCUT2D eigenvalue weighted by atomic mass is 9.83. The summed E-state index contributed by atoms with van der Waals surface area (Å²) in [6.07, 6.45) is 1.71. The average molecular weight is 382 g/mol. The predicted octanol–water partition coefficient (Wildman–Crippen LogP) is 5.92. The van der Waals surface area contributed by atoms with Crippen molar-refractivity contribution < 1.29 is 4.79 Å². The van der Waals surface area contributed by atoms with Crippen molar-refractivity contribution in [3.8, 4) is 0 Å². The summed E-state index contributed by atoms with van der Waals surface area (Å²) in [5, 5.41) is 0. The van der Waals surface area contributed by atoms with Crippen molar-refractivity contribution >= 4 is 49.0 Å². The molecule has 1 nitrogen and oxygen atoms in total. The second-order valence-corrected chi connectivity index (χ2v) is 8.95. The van der Waals surface area contributed by atoms with Gasteiger partial charge in [0, 0.05) is 10.9 Å². The molecule has 1 aromatic rings. The lowest BCUT2D eigenvalue weighted by Gasteiger charge is -2.22. The smallest absolute Gasteiger partial charge is 0.173 e. The van der Waals surface area contributed by atoms with Gasteiger partial charge in [0.25, 0.3) is 0 Å². The summed E-state index contributed by atoms with van der Waals surface area (Å²) in [4.78, 5) is 12.9. The highest BCUT2D eigenvalue weighted by Gasteiger charge is 2.19. The van der Waals surface area contributed by atoms with E-state index in [1.54, 1.807) is 0 Å². The first-order valence-electron chi connectivity index (χ1n) is 5.67. The molecule has 0 saturated heterocycles. The van der Waals surface area contributed by atoms with Crippen molar-refractivity contribution in [2.45, 2.75) is 40.5 Å². The van der Waals surface area contributed by atoms with Gasteiger partial charge in [-0.1, -0.05) is 27.7 Å². The Bertz CT molecular complexity index is 385. The highest BCUT2D eigenvalue weighted by molar-refractivity contribution is 9.13. The van der Waals surface area contributed by atoms with Crippen LogP contribution < -0.4 is 0 Å². The normalized spacial score (nSPS) is 13.8. The van der Waals surface area contributed by atoms with Crippen LogP contribution in [0.3, 0.4) is 0 Å². The van der Waals surface area contributed by atoms with Gasteiger partial charge in [-0.3, -0.25) is 4.79 Å². The first-order chi connectivity index (χ1) is 7.69. The minimum atomic E-state index is 0.248. The quantitative estimate of drug-likeness (QED) is 0.591. The Hall–Kier alpha value is 0.330. The lowest BCUT2D eigenvalue weighted by molar-refractivity contribution is 0.0958. The number of hydrogen-bond donors (Lipinski definition) is 0. The van der Waals surface area contributed by atoms with Gasteiger partial charge >= 0.3 is 0 Å². The number of halogens is 2. The molecule has 0 aliphatic heterocycles. The lowest BCUT2D eigenvalue weighted by Crippen LogP contribution is -2.14. The van der Waals surface area contributed by atoms with Crippen LogP contribution in [-0.2, 0) is 0 Å². The minimum absolute atomic E-state index is 0.248. The van der Waals surface area contributed by atoms with Crippen molar-refractivity contribution in [3.05, 3.63) is 19.2 Å². The molecule has 0 radical (unpaired) electrons. The predicted molar refractivity (Wildman–Crippen MR) is 81.9 cm³/mol. The Morgan fingerprint density at radius 2 is 2.00 bits per heavy atom. The maximum Gasteiger partial charge on any atom is 0.173 e. The van der Waals surface area contributed by atoms with Gasteiger partial charge in [-0.05, 0) is 55.7 Å². The zero-order chi connectivity index (χ0) is 13.2. The maximum atomic E-state index is 12.1. The fourth-order valence-electron chi connectivity index (χ4n) is 2.02. The van der Waals surface area contributed by atoms with Crippen LogP contribution in [0.1, 0.15) is 50.2 Å². The summed E-state index contributed by atoms with van der Waals surface area (Å²) in [5.74, 6) is 0.681. The van der Waals surface area contributed by atoms with E-state index in [0.717, 1.165) is 19.6 Å². The number of Topliss-reactive ketones (excluding diaryl/α,β-unsaturated/α-hetero) is 1. The largest absolute Gasteiger partial charge is 0.293 e. The van der Waals surface area contributed by atoms with Crippen molar-refractivity contribution in [2.75, 3.05) is 0 Å². The van der Waals surface area contributed by atoms with E-state index in [4.69, 9.17) is 0 Å². The third-order valence-electron chi connectivity index (χ3n) is 2.41. The molecule has 0 N–H and O–H groups in total. The topological polar surface area (TPSA) is 17.1 Å². The van der Waals surface area contributed by atoms with Gasteiger partial charge in [0.05, 0.1) is 8.66 Å². The summed E-state index contributed by atoms with van der Waals surface area (Å²) >= 11 is 8.33. The van der Waals surface area contributed by atoms with E-state index in [1.165, 1.54) is 11.3 Å². The van der Waals surface area contributed by atoms with Gasteiger partial charge in [0.1, 0.15) is 0 Å². The third kappa shape index (κ3) is 5.23. The second kappa shape index (κ2) is 5.98. The molecule has 1 rings (SSSR count). The summed E-state index contributed by atoms with van der Waals surface area (Å²) in [7, 11) is 0. The molecular formula is C13H18Br2OS. The van der Waals surface area contributed by atoms with E-state index in [9.17, 15) is 4.79 Å². The van der Waals surface area contributed by atoms with Gasteiger partial charge in [-0.25, -0.2) is 0 Å². The van der Waals surface area contributed by atoms with Crippen LogP contribution in [-0.4, -0.2) is 5.78 Å². The fraction of sp³-hybridized carbons (Fsp3) is 0.615. The van der Waals surface area contributed by atoms with E-state index < -0.39 is 0 Å². The molecule has 0 aliphatic rings. The molecular weight excluding hydrogens is 364 g/mol. The molecule has 96 valence electrons. The summed E-state index contributed by atoms with van der Waals surface area (Å²) in [5.41, 5.74) is 0.288. The number of ketones is 1. The number of thiophene rings is 1. The van der Waals surface area contributed by atoms with Crippen LogP contribution in [0.15, 0.2) is 14.3 Å². The zero-order valence-electron chi connectivity index (χ0n) is 10.6. The Balaban J connectivity index is 2.61. The molecule has 0 bridgehead atoms. The van der Waals surface area contributed by atoms with Crippen molar-refractivity contribution in [2.24, 2.45) is 11.3 Å². The molecule has 17 heavy (non-hydrogen) atoms. The molecule has 0 aromatic carbocycles. The van der Waals surface area contributed by atoms with E-state index >= 15 is 0 Å². The van der Waals surface area contributed by atoms with Crippen LogP contribution in [0, 0.1) is 11.3 Å². The monoisotopic (exact) mass is 380 g/mol. The molecule has 0 amide bonds. The second-order valence-electron chi connectivity index (χ2n) is 5.73. The first kappa shape index (κ1) is 15.4. The van der Waals surface area contributed by atoms with Crippen LogP contribution in [0.4, 0.5) is 0 Å². The molecule has 1 aromatic heterocycles. The minimum Gasteiger partial charge on any atom is -0.293 e. The number of carbonyl (C=O) groups excluding carboxylic acids is 1. The molecule has 1 unspecified atom stereocenters. The average Bonchev–Trinajstić information content (AvgIpc) is 2.43. The van der Waals surface area contributed by atoms with E-state index in [-0.39, 0.29) is 11.2 Å². The van der Waals surface area contributed by atoms with E-state index in [1.807, 2.05) is 6.07 Å². The van der Waals surface area contributed by atoms with Crippen molar-refractivity contribution in [1.82, 2.24) is 0 Å². The number of hydrogen-bond acceptors (Lipinski definition) is 2. The van der Waals surface area contributed by atoms with Gasteiger partial charge in [0.15, 0.2) is 5.78 Å². The molecule has 1 atom stereocenters. The van der Waals surface area contributed by atoms with Crippen LogP contribution in [0.25, 0.3) is 0 Å². The Morgan fingerprint density at radius 3 is 2.41 bits per heavy atom. The van der Waals surface area contributed by atoms with Gasteiger partial charge in [-0.15, -0.1) is 11.3 Å². The van der Waals surface area contributed by atoms with Crippen molar-refractivity contribution in [1.29, 1.82) is 0 Å². The Morgan fingerprint density at radius 1 is 1.41 bits per heavy atom. The first-order valence-corrected chi connectivity index (χ1v) is 8.07. The molecule has 0 fully saturated rings. The highest BCUT2D eigenvalue weighted by Crippen LogP contribution is 2.34. The Labute approximate surface area is 124 Å².